The van der Waals surface area contributed by atoms with Crippen molar-refractivity contribution in [2.24, 2.45) is 0 Å². The molecule has 0 aliphatic heterocycles. The van der Waals surface area contributed by atoms with Crippen molar-refractivity contribution in [3.63, 3.8) is 0 Å². The van der Waals surface area contributed by atoms with E-state index in [4.69, 9.17) is 0 Å². The van der Waals surface area contributed by atoms with Gasteiger partial charge in [-0.05, 0) is 6.92 Å². The molecule has 0 aromatic carbocycles. The summed E-state index contributed by atoms with van der Waals surface area (Å²) in [5, 5.41) is 0. The molecule has 0 saturated heterocycles. The molecule has 0 spiro atoms. The number of hydrogen-bond acceptors (Lipinski definition) is 10. The first-order chi connectivity index (χ1) is 11.5. The Kier molecular flexibility index (Phi) is 30.5. The van der Waals surface area contributed by atoms with Gasteiger partial charge in [0.2, 0.25) is 0 Å². The van der Waals surface area contributed by atoms with Crippen LogP contribution < -0.4 is 0 Å². The van der Waals surface area contributed by atoms with Crippen molar-refractivity contribution < 1.29 is 47.8 Å². The van der Waals surface area contributed by atoms with Gasteiger partial charge in [0.15, 0.2) is 6.79 Å². The average Bonchev–Trinajstić information content (AvgIpc) is 2.55. The molecule has 0 rings (SSSR count). The Balaban J connectivity index is -0.000000278. The van der Waals surface area contributed by atoms with Gasteiger partial charge in [0.25, 0.3) is 0 Å². The molecule has 0 heterocycles. The van der Waals surface area contributed by atoms with E-state index in [0.29, 0.717) is 19.8 Å². The number of rotatable bonds is 11. The van der Waals surface area contributed by atoms with Gasteiger partial charge in [-0.15, -0.1) is 0 Å². The molecule has 146 valence electrons. The van der Waals surface area contributed by atoms with Crippen molar-refractivity contribution in [1.82, 2.24) is 0 Å². The summed E-state index contributed by atoms with van der Waals surface area (Å²) in [7, 11) is 7.40. The van der Waals surface area contributed by atoms with E-state index in [2.05, 4.69) is 38.2 Å². The van der Waals surface area contributed by atoms with Crippen LogP contribution in [0, 0.1) is 0 Å². The molecule has 0 saturated carbocycles. The Morgan fingerprint density at radius 1 is 0.708 bits per heavy atom. The second-order valence-corrected chi connectivity index (χ2v) is 3.58. The van der Waals surface area contributed by atoms with Crippen molar-refractivity contribution in [2.75, 3.05) is 75.4 Å². The maximum atomic E-state index is 10.4. The van der Waals surface area contributed by atoms with Gasteiger partial charge in [-0.2, -0.15) is 0 Å². The van der Waals surface area contributed by atoms with Crippen LogP contribution in [0.4, 0.5) is 0 Å². The van der Waals surface area contributed by atoms with Gasteiger partial charge in [0.05, 0.1) is 20.3 Å². The molecule has 24 heavy (non-hydrogen) atoms. The van der Waals surface area contributed by atoms with Crippen LogP contribution in [0.5, 0.6) is 0 Å². The fraction of sp³-hybridized carbons (Fsp3) is 0.857. The maximum absolute atomic E-state index is 10.4. The molecular formula is C14H30O10. The van der Waals surface area contributed by atoms with Crippen LogP contribution in [0.1, 0.15) is 6.92 Å². The van der Waals surface area contributed by atoms with Crippen molar-refractivity contribution in [2.45, 2.75) is 6.92 Å². The first kappa shape index (κ1) is 27.5. The van der Waals surface area contributed by atoms with Gasteiger partial charge in [0, 0.05) is 28.4 Å². The van der Waals surface area contributed by atoms with Gasteiger partial charge in [0.1, 0.15) is 19.8 Å². The second-order valence-electron chi connectivity index (χ2n) is 3.58. The van der Waals surface area contributed by atoms with E-state index < -0.39 is 5.97 Å². The van der Waals surface area contributed by atoms with Crippen LogP contribution in [-0.2, 0) is 47.8 Å². The predicted octanol–water partition coefficient (Wildman–Crippen LogP) is 0.187. The lowest BCUT2D eigenvalue weighted by atomic mass is 10.7. The summed E-state index contributed by atoms with van der Waals surface area (Å²) in [6.07, 6.45) is 0. The third-order valence-electron chi connectivity index (χ3n) is 1.66. The molecular weight excluding hydrogens is 328 g/mol. The van der Waals surface area contributed by atoms with Gasteiger partial charge in [-0.25, -0.2) is 19.4 Å². The van der Waals surface area contributed by atoms with E-state index in [1.54, 1.807) is 14.0 Å². The Morgan fingerprint density at radius 3 is 1.62 bits per heavy atom. The van der Waals surface area contributed by atoms with Gasteiger partial charge in [-0.1, -0.05) is 0 Å². The number of carbonyl (C=O) groups is 2. The quantitative estimate of drug-likeness (QED) is 0.167. The fourth-order valence-electron chi connectivity index (χ4n) is 0.805. The van der Waals surface area contributed by atoms with Crippen molar-refractivity contribution in [3.8, 4) is 0 Å². The summed E-state index contributed by atoms with van der Waals surface area (Å²) < 4.78 is 27.0. The second kappa shape index (κ2) is 26.6. The third kappa shape index (κ3) is 32.6. The molecule has 0 unspecified atom stereocenters. The minimum atomic E-state index is -0.417. The molecule has 0 atom stereocenters. The fourth-order valence-corrected chi connectivity index (χ4v) is 0.805. The molecule has 0 amide bonds. The van der Waals surface area contributed by atoms with Crippen LogP contribution >= 0.6 is 0 Å². The molecule has 0 radical (unpaired) electrons. The highest BCUT2D eigenvalue weighted by Gasteiger charge is 1.98. The van der Waals surface area contributed by atoms with E-state index in [1.165, 1.54) is 28.4 Å². The Bertz CT molecular complexity index is 248. The Morgan fingerprint density at radius 2 is 1.25 bits per heavy atom. The van der Waals surface area contributed by atoms with E-state index in [9.17, 15) is 9.59 Å². The first-order valence-electron chi connectivity index (χ1n) is 6.96. The van der Waals surface area contributed by atoms with Crippen molar-refractivity contribution >= 4 is 11.9 Å². The van der Waals surface area contributed by atoms with Crippen molar-refractivity contribution in [1.29, 1.82) is 0 Å². The van der Waals surface area contributed by atoms with Crippen LogP contribution in [0.15, 0.2) is 0 Å². The zero-order valence-corrected chi connectivity index (χ0v) is 15.3. The number of carbonyl (C=O) groups excluding carboxylic acids is 2. The van der Waals surface area contributed by atoms with Gasteiger partial charge < -0.3 is 28.4 Å². The van der Waals surface area contributed by atoms with Crippen LogP contribution in [0.25, 0.3) is 0 Å². The monoisotopic (exact) mass is 358 g/mol. The molecule has 0 fully saturated rings. The standard InChI is InChI=1S/C5H10O4.C5H10O3.C4H10O3/c1-7-3-5(6)9-4-8-2;1-3-8-5(6)4-7-2;1-5-3-4-7-6-2/h3-4H2,1-2H3;3-4H2,1-2H3;3-4H2,1-2H3. The molecule has 0 aromatic rings. The smallest absolute Gasteiger partial charge is 0.334 e. The highest BCUT2D eigenvalue weighted by Crippen LogP contribution is 1.78. The summed E-state index contributed by atoms with van der Waals surface area (Å²) in [5.74, 6) is -0.727. The van der Waals surface area contributed by atoms with E-state index in [1.807, 2.05) is 0 Å². The molecule has 0 aliphatic carbocycles. The van der Waals surface area contributed by atoms with Gasteiger partial charge >= 0.3 is 11.9 Å². The Hall–Kier alpha value is -1.30. The zero-order valence-electron chi connectivity index (χ0n) is 15.3. The number of methoxy groups -OCH3 is 4. The predicted molar refractivity (Wildman–Crippen MR) is 83.2 cm³/mol. The van der Waals surface area contributed by atoms with E-state index in [0.717, 1.165) is 0 Å². The van der Waals surface area contributed by atoms with Crippen LogP contribution in [-0.4, -0.2) is 87.3 Å². The largest absolute Gasteiger partial charge is 0.464 e. The molecule has 0 aliphatic rings. The maximum Gasteiger partial charge on any atom is 0.334 e. The average molecular weight is 358 g/mol. The normalized spacial score (nSPS) is 9.08. The number of ether oxygens (including phenoxy) is 6. The topological polar surface area (TPSA) is 108 Å². The lowest BCUT2D eigenvalue weighted by Crippen LogP contribution is -2.12. The van der Waals surface area contributed by atoms with Gasteiger partial charge in [-0.3, -0.25) is 0 Å². The molecule has 0 bridgehead atoms. The zero-order chi connectivity index (χ0) is 19.1. The summed E-state index contributed by atoms with van der Waals surface area (Å²) in [6.45, 7) is 3.26. The SMILES string of the molecule is CCOC(=O)COC.COCCOOC.COCOC(=O)COC. The third-order valence-corrected chi connectivity index (χ3v) is 1.66. The Labute approximate surface area is 143 Å². The summed E-state index contributed by atoms with van der Waals surface area (Å²) in [6, 6.07) is 0. The molecule has 10 heteroatoms. The number of esters is 2. The summed E-state index contributed by atoms with van der Waals surface area (Å²) >= 11 is 0. The minimum absolute atomic E-state index is 0.0117. The van der Waals surface area contributed by atoms with Crippen molar-refractivity contribution in [3.05, 3.63) is 0 Å². The van der Waals surface area contributed by atoms with Crippen LogP contribution in [0.2, 0.25) is 0 Å². The summed E-state index contributed by atoms with van der Waals surface area (Å²) in [4.78, 5) is 29.4. The molecule has 0 aromatic heterocycles. The lowest BCUT2D eigenvalue weighted by Gasteiger charge is -1.99. The number of hydrogen-bond donors (Lipinski definition) is 0. The summed E-state index contributed by atoms with van der Waals surface area (Å²) in [5.41, 5.74) is 0. The highest BCUT2D eigenvalue weighted by molar-refractivity contribution is 5.70. The van der Waals surface area contributed by atoms with Crippen LogP contribution in [0.3, 0.4) is 0 Å². The minimum Gasteiger partial charge on any atom is -0.464 e. The van der Waals surface area contributed by atoms with E-state index >= 15 is 0 Å². The lowest BCUT2D eigenvalue weighted by molar-refractivity contribution is -0.276. The van der Waals surface area contributed by atoms with E-state index in [-0.39, 0.29) is 26.0 Å². The molecule has 10 nitrogen and oxygen atoms in total. The highest BCUT2D eigenvalue weighted by atomic mass is 17.2. The first-order valence-corrected chi connectivity index (χ1v) is 6.96. The molecule has 0 N–H and O–H groups in total.